The normalized spacial score (nSPS) is 11.2. The van der Waals surface area contributed by atoms with E-state index < -0.39 is 0 Å². The summed E-state index contributed by atoms with van der Waals surface area (Å²) in [5.41, 5.74) is 4.32. The van der Waals surface area contributed by atoms with Crippen molar-refractivity contribution in [3.8, 4) is 17.2 Å². The predicted molar refractivity (Wildman–Crippen MR) is 109 cm³/mol. The SMILES string of the molecule is Cn1cc(NC(=O)c2nccn2C)cc1-c1nc2ccc(-n3ccnc3)cc2[nH]1. The number of nitrogens with one attached hydrogen (secondary N) is 2. The summed E-state index contributed by atoms with van der Waals surface area (Å²) in [7, 11) is 3.70. The molecule has 4 aromatic heterocycles. The summed E-state index contributed by atoms with van der Waals surface area (Å²) in [6.07, 6.45) is 10.6. The molecule has 4 heterocycles. The lowest BCUT2D eigenvalue weighted by Gasteiger charge is -2.01. The highest BCUT2D eigenvalue weighted by Gasteiger charge is 2.15. The third-order valence-electron chi connectivity index (χ3n) is 4.80. The van der Waals surface area contributed by atoms with E-state index in [2.05, 4.69) is 20.3 Å². The first-order valence-electron chi connectivity index (χ1n) is 9.02. The molecule has 0 radical (unpaired) electrons. The van der Waals surface area contributed by atoms with E-state index in [1.165, 1.54) is 0 Å². The third-order valence-corrected chi connectivity index (χ3v) is 4.80. The number of hydrogen-bond donors (Lipinski definition) is 2. The molecule has 5 aromatic rings. The maximum atomic E-state index is 12.4. The van der Waals surface area contributed by atoms with Crippen molar-refractivity contribution in [2.45, 2.75) is 0 Å². The molecule has 0 fully saturated rings. The van der Waals surface area contributed by atoms with Gasteiger partial charge in [0.2, 0.25) is 0 Å². The topological polar surface area (TPSA) is 98.4 Å². The molecule has 0 spiro atoms. The Morgan fingerprint density at radius 2 is 2.00 bits per heavy atom. The fourth-order valence-electron chi connectivity index (χ4n) is 3.33. The average Bonchev–Trinajstić information content (AvgIpc) is 3.47. The Balaban J connectivity index is 1.45. The standard InChI is InChI=1S/C20H18N8O/c1-26-7-6-22-19(26)20(29)23-13-9-17(27(2)11-13)18-24-15-4-3-14(10-16(15)25-18)28-8-5-21-12-28/h3-12H,1-2H3,(H,23,29)(H,24,25). The van der Waals surface area contributed by atoms with Crippen molar-refractivity contribution in [3.63, 3.8) is 0 Å². The minimum absolute atomic E-state index is 0.260. The predicted octanol–water partition coefficient (Wildman–Crippen LogP) is 2.74. The molecule has 1 amide bonds. The molecule has 0 aliphatic carbocycles. The maximum Gasteiger partial charge on any atom is 0.291 e. The summed E-state index contributed by atoms with van der Waals surface area (Å²) in [6, 6.07) is 7.88. The van der Waals surface area contributed by atoms with Gasteiger partial charge in [-0.2, -0.15) is 0 Å². The van der Waals surface area contributed by atoms with Crippen LogP contribution in [0.25, 0.3) is 28.2 Å². The number of hydrogen-bond acceptors (Lipinski definition) is 4. The molecule has 1 aromatic carbocycles. The highest BCUT2D eigenvalue weighted by Crippen LogP contribution is 2.26. The summed E-state index contributed by atoms with van der Waals surface area (Å²) >= 11 is 0. The van der Waals surface area contributed by atoms with Crippen LogP contribution in [0, 0.1) is 0 Å². The zero-order valence-corrected chi connectivity index (χ0v) is 15.9. The van der Waals surface area contributed by atoms with Gasteiger partial charge in [-0.1, -0.05) is 0 Å². The first-order valence-corrected chi connectivity index (χ1v) is 9.02. The van der Waals surface area contributed by atoms with Crippen molar-refractivity contribution in [1.29, 1.82) is 0 Å². The molecule has 5 rings (SSSR count). The van der Waals surface area contributed by atoms with Gasteiger partial charge in [-0.3, -0.25) is 4.79 Å². The van der Waals surface area contributed by atoms with E-state index in [0.29, 0.717) is 11.5 Å². The van der Waals surface area contributed by atoms with Crippen LogP contribution in [0.15, 0.2) is 61.6 Å². The van der Waals surface area contributed by atoms with Gasteiger partial charge < -0.3 is 24.0 Å². The summed E-state index contributed by atoms with van der Waals surface area (Å²) in [5, 5.41) is 2.88. The van der Waals surface area contributed by atoms with E-state index in [4.69, 9.17) is 4.98 Å². The van der Waals surface area contributed by atoms with E-state index in [1.54, 1.807) is 36.5 Å². The fraction of sp³-hybridized carbons (Fsp3) is 0.100. The molecule has 0 unspecified atom stereocenters. The zero-order valence-electron chi connectivity index (χ0n) is 15.9. The van der Waals surface area contributed by atoms with Crippen molar-refractivity contribution in [1.82, 2.24) is 33.6 Å². The Kier molecular flexibility index (Phi) is 3.80. The summed E-state index contributed by atoms with van der Waals surface area (Å²) in [4.78, 5) is 28.6. The number of aryl methyl sites for hydroxylation is 2. The van der Waals surface area contributed by atoms with Gasteiger partial charge in [0.05, 0.1) is 28.7 Å². The summed E-state index contributed by atoms with van der Waals surface area (Å²) in [5.74, 6) is 0.818. The van der Waals surface area contributed by atoms with Crippen LogP contribution in [0.4, 0.5) is 5.69 Å². The first-order chi connectivity index (χ1) is 14.1. The van der Waals surface area contributed by atoms with Crippen LogP contribution < -0.4 is 5.32 Å². The molecule has 0 aliphatic rings. The number of nitrogens with zero attached hydrogens (tertiary/aromatic N) is 6. The van der Waals surface area contributed by atoms with Crippen molar-refractivity contribution < 1.29 is 4.79 Å². The molecule has 29 heavy (non-hydrogen) atoms. The number of anilines is 1. The van der Waals surface area contributed by atoms with Crippen molar-refractivity contribution in [2.75, 3.05) is 5.32 Å². The second-order valence-electron chi connectivity index (χ2n) is 6.80. The van der Waals surface area contributed by atoms with Crippen LogP contribution in [0.3, 0.4) is 0 Å². The Labute approximate surface area is 165 Å². The average molecular weight is 386 g/mol. The number of benzene rings is 1. The highest BCUT2D eigenvalue weighted by atomic mass is 16.2. The van der Waals surface area contributed by atoms with Crippen molar-refractivity contribution in [3.05, 3.63) is 67.4 Å². The number of amides is 1. The Hall–Kier alpha value is -4.14. The Morgan fingerprint density at radius 3 is 2.76 bits per heavy atom. The van der Waals surface area contributed by atoms with E-state index in [-0.39, 0.29) is 5.91 Å². The summed E-state index contributed by atoms with van der Waals surface area (Å²) < 4.78 is 5.53. The van der Waals surface area contributed by atoms with E-state index in [0.717, 1.165) is 28.2 Å². The van der Waals surface area contributed by atoms with E-state index in [9.17, 15) is 4.79 Å². The van der Waals surface area contributed by atoms with E-state index in [1.807, 2.05) is 52.8 Å². The Bertz CT molecular complexity index is 1320. The van der Waals surface area contributed by atoms with Crippen LogP contribution in [-0.2, 0) is 14.1 Å². The highest BCUT2D eigenvalue weighted by molar-refractivity contribution is 6.02. The molecule has 9 nitrogen and oxygen atoms in total. The van der Waals surface area contributed by atoms with Crippen molar-refractivity contribution >= 4 is 22.6 Å². The Morgan fingerprint density at radius 1 is 1.10 bits per heavy atom. The van der Waals surface area contributed by atoms with Crippen LogP contribution >= 0.6 is 0 Å². The van der Waals surface area contributed by atoms with Gasteiger partial charge in [-0.15, -0.1) is 0 Å². The lowest BCUT2D eigenvalue weighted by molar-refractivity contribution is 0.101. The quantitative estimate of drug-likeness (QED) is 0.496. The fourth-order valence-corrected chi connectivity index (χ4v) is 3.33. The van der Waals surface area contributed by atoms with Crippen LogP contribution in [0.5, 0.6) is 0 Å². The van der Waals surface area contributed by atoms with Gasteiger partial charge in [0.25, 0.3) is 5.91 Å². The lowest BCUT2D eigenvalue weighted by atomic mass is 10.3. The molecule has 0 saturated carbocycles. The van der Waals surface area contributed by atoms with Crippen molar-refractivity contribution in [2.24, 2.45) is 14.1 Å². The minimum atomic E-state index is -0.260. The van der Waals surface area contributed by atoms with Gasteiger partial charge in [-0.05, 0) is 24.3 Å². The molecule has 144 valence electrons. The van der Waals surface area contributed by atoms with Crippen LogP contribution in [-0.4, -0.2) is 39.5 Å². The lowest BCUT2D eigenvalue weighted by Crippen LogP contribution is -2.16. The molecule has 9 heteroatoms. The van der Waals surface area contributed by atoms with Gasteiger partial charge in [-0.25, -0.2) is 15.0 Å². The number of carbonyl (C=O) groups is 1. The number of aromatic amines is 1. The zero-order chi connectivity index (χ0) is 20.0. The smallest absolute Gasteiger partial charge is 0.291 e. The third kappa shape index (κ3) is 2.98. The largest absolute Gasteiger partial charge is 0.346 e. The van der Waals surface area contributed by atoms with Gasteiger partial charge in [0.1, 0.15) is 0 Å². The molecule has 2 N–H and O–H groups in total. The second kappa shape index (κ2) is 6.48. The van der Waals surface area contributed by atoms with Crippen LogP contribution in [0.1, 0.15) is 10.6 Å². The van der Waals surface area contributed by atoms with Gasteiger partial charge in [0, 0.05) is 50.8 Å². The number of H-pyrrole nitrogens is 1. The number of imidazole rings is 3. The first kappa shape index (κ1) is 17.0. The number of rotatable bonds is 4. The van der Waals surface area contributed by atoms with E-state index >= 15 is 0 Å². The molecule has 0 aliphatic heterocycles. The number of fused-ring (bicyclic) bond motifs is 1. The molecular formula is C20H18N8O. The second-order valence-corrected chi connectivity index (χ2v) is 6.80. The molecule has 0 bridgehead atoms. The minimum Gasteiger partial charge on any atom is -0.346 e. The molecule has 0 saturated heterocycles. The number of carbonyl (C=O) groups excluding carboxylic acids is 1. The van der Waals surface area contributed by atoms with Gasteiger partial charge >= 0.3 is 0 Å². The summed E-state index contributed by atoms with van der Waals surface area (Å²) in [6.45, 7) is 0. The maximum absolute atomic E-state index is 12.4. The van der Waals surface area contributed by atoms with Gasteiger partial charge in [0.15, 0.2) is 11.6 Å². The van der Waals surface area contributed by atoms with Crippen LogP contribution in [0.2, 0.25) is 0 Å². The monoisotopic (exact) mass is 386 g/mol. The number of aromatic nitrogens is 7. The molecule has 0 atom stereocenters. The molecular weight excluding hydrogens is 368 g/mol.